The quantitative estimate of drug-likeness (QED) is 0.629. The maximum atomic E-state index is 12.6. The number of likely N-dealkylation sites (tertiary alicyclic amines) is 1. The van der Waals surface area contributed by atoms with E-state index in [1.165, 1.54) is 31.4 Å². The predicted molar refractivity (Wildman–Crippen MR) is 109 cm³/mol. The molecule has 0 radical (unpaired) electrons. The lowest BCUT2D eigenvalue weighted by atomic mass is 9.86. The van der Waals surface area contributed by atoms with Gasteiger partial charge in [0.15, 0.2) is 0 Å². The van der Waals surface area contributed by atoms with Crippen molar-refractivity contribution in [2.75, 3.05) is 26.7 Å². The van der Waals surface area contributed by atoms with Crippen LogP contribution in [-0.2, 0) is 6.18 Å². The van der Waals surface area contributed by atoms with E-state index in [0.29, 0.717) is 5.92 Å². The van der Waals surface area contributed by atoms with Gasteiger partial charge in [-0.3, -0.25) is 4.90 Å². The molecule has 2 fully saturated rings. The zero-order valence-corrected chi connectivity index (χ0v) is 17.4. The molecule has 2 aliphatic rings. The smallest absolute Gasteiger partial charge is 0.410 e. The fourth-order valence-electron chi connectivity index (χ4n) is 4.06. The van der Waals surface area contributed by atoms with Crippen LogP contribution in [0, 0.1) is 17.8 Å². The van der Waals surface area contributed by atoms with E-state index in [0.717, 1.165) is 57.5 Å². The van der Waals surface area contributed by atoms with Crippen LogP contribution in [0.3, 0.4) is 0 Å². The first kappa shape index (κ1) is 22.5. The van der Waals surface area contributed by atoms with Gasteiger partial charge >= 0.3 is 12.3 Å². The van der Waals surface area contributed by atoms with Crippen molar-refractivity contribution in [1.29, 1.82) is 0 Å². The number of alkyl halides is 3. The molecule has 1 heterocycles. The second kappa shape index (κ2) is 10.2. The van der Waals surface area contributed by atoms with Crippen LogP contribution in [-0.4, -0.2) is 48.6 Å². The van der Waals surface area contributed by atoms with Gasteiger partial charge in [-0.2, -0.15) is 13.2 Å². The van der Waals surface area contributed by atoms with E-state index in [4.69, 9.17) is 4.74 Å². The van der Waals surface area contributed by atoms with E-state index in [1.54, 1.807) is 11.9 Å². The summed E-state index contributed by atoms with van der Waals surface area (Å²) in [7, 11) is 1.68. The summed E-state index contributed by atoms with van der Waals surface area (Å²) in [6.45, 7) is 3.14. The fourth-order valence-corrected chi connectivity index (χ4v) is 4.06. The van der Waals surface area contributed by atoms with Crippen molar-refractivity contribution in [2.45, 2.75) is 57.2 Å². The first-order valence-electron chi connectivity index (χ1n) is 10.7. The molecule has 1 aromatic carbocycles. The van der Waals surface area contributed by atoms with E-state index in [-0.39, 0.29) is 11.8 Å². The molecule has 4 nitrogen and oxygen atoms in total. The average molecular weight is 422 g/mol. The molecule has 7 heteroatoms. The van der Waals surface area contributed by atoms with Gasteiger partial charge in [0.25, 0.3) is 0 Å². The molecule has 0 bridgehead atoms. The van der Waals surface area contributed by atoms with Crippen molar-refractivity contribution >= 4 is 6.09 Å². The molecule has 1 aliphatic carbocycles. The number of piperidine rings is 1. The van der Waals surface area contributed by atoms with Gasteiger partial charge in [0.1, 0.15) is 5.75 Å². The fraction of sp³-hybridized carbons (Fsp3) is 0.609. The van der Waals surface area contributed by atoms with Crippen LogP contribution >= 0.6 is 0 Å². The lowest BCUT2D eigenvalue weighted by molar-refractivity contribution is -0.137. The molecule has 1 amide bonds. The van der Waals surface area contributed by atoms with Gasteiger partial charge < -0.3 is 9.64 Å². The van der Waals surface area contributed by atoms with Crippen molar-refractivity contribution in [3.8, 4) is 17.6 Å². The number of hydrogen-bond acceptors (Lipinski definition) is 3. The Hall–Kier alpha value is -2.20. The minimum Gasteiger partial charge on any atom is -0.410 e. The van der Waals surface area contributed by atoms with Crippen molar-refractivity contribution in [1.82, 2.24) is 9.80 Å². The van der Waals surface area contributed by atoms with E-state index in [9.17, 15) is 18.0 Å². The number of carbonyl (C=O) groups is 1. The van der Waals surface area contributed by atoms with Crippen molar-refractivity contribution in [2.24, 2.45) is 5.92 Å². The molecule has 0 atom stereocenters. The normalized spacial score (nSPS) is 22.7. The third-order valence-corrected chi connectivity index (χ3v) is 5.98. The van der Waals surface area contributed by atoms with Gasteiger partial charge in [-0.05, 0) is 75.9 Å². The summed E-state index contributed by atoms with van der Waals surface area (Å²) in [4.78, 5) is 16.3. The number of nitrogens with zero attached hydrogens (tertiary/aromatic N) is 2. The standard InChI is InChI=1S/C23H29F3N2O2/c1-27(22(29)30-21-13-9-19(10-14-21)23(24,25)26)20-11-7-18(8-12-20)6-5-17-28-15-3-2-4-16-28/h9-10,13-14,18,20H,2-4,7-8,11-12,15-17H2,1H3. The molecule has 0 N–H and O–H groups in total. The highest BCUT2D eigenvalue weighted by Crippen LogP contribution is 2.31. The largest absolute Gasteiger partial charge is 0.416 e. The monoisotopic (exact) mass is 422 g/mol. The molecule has 1 aliphatic heterocycles. The molecular formula is C23H29F3N2O2. The van der Waals surface area contributed by atoms with E-state index in [1.807, 2.05) is 0 Å². The number of carbonyl (C=O) groups excluding carboxylic acids is 1. The summed E-state index contributed by atoms with van der Waals surface area (Å²) < 4.78 is 43.1. The number of amides is 1. The third-order valence-electron chi connectivity index (χ3n) is 5.98. The Bertz CT molecular complexity index is 753. The van der Waals surface area contributed by atoms with Gasteiger partial charge in [-0.15, -0.1) is 0 Å². The zero-order chi connectivity index (χ0) is 21.6. The number of benzene rings is 1. The number of rotatable bonds is 3. The van der Waals surface area contributed by atoms with Crippen LogP contribution in [0.2, 0.25) is 0 Å². The SMILES string of the molecule is CN(C(=O)Oc1ccc(C(F)(F)F)cc1)C1CCC(C#CCN2CCCCC2)CC1. The first-order chi connectivity index (χ1) is 14.3. The molecule has 3 rings (SSSR count). The van der Waals surface area contributed by atoms with Crippen molar-refractivity contribution in [3.05, 3.63) is 29.8 Å². The van der Waals surface area contributed by atoms with Crippen molar-refractivity contribution < 1.29 is 22.7 Å². The molecule has 1 saturated heterocycles. The molecule has 1 saturated carbocycles. The second-order valence-electron chi connectivity index (χ2n) is 8.16. The summed E-state index contributed by atoms with van der Waals surface area (Å²) in [5, 5.41) is 0. The first-order valence-corrected chi connectivity index (χ1v) is 10.7. The molecule has 1 aromatic rings. The Kier molecular flexibility index (Phi) is 7.65. The van der Waals surface area contributed by atoms with Gasteiger partial charge in [0.05, 0.1) is 12.1 Å². The summed E-state index contributed by atoms with van der Waals surface area (Å²) in [6, 6.07) is 4.23. The third kappa shape index (κ3) is 6.40. The molecule has 0 spiro atoms. The van der Waals surface area contributed by atoms with Crippen LogP contribution in [0.25, 0.3) is 0 Å². The van der Waals surface area contributed by atoms with Gasteiger partial charge in [-0.1, -0.05) is 18.3 Å². The summed E-state index contributed by atoms with van der Waals surface area (Å²) >= 11 is 0. The van der Waals surface area contributed by atoms with Crippen LogP contribution in [0.1, 0.15) is 50.5 Å². The number of hydrogen-bond donors (Lipinski definition) is 0. The molecular weight excluding hydrogens is 393 g/mol. The van der Waals surface area contributed by atoms with E-state index >= 15 is 0 Å². The Morgan fingerprint density at radius 2 is 1.73 bits per heavy atom. The maximum Gasteiger partial charge on any atom is 0.416 e. The Morgan fingerprint density at radius 3 is 2.33 bits per heavy atom. The summed E-state index contributed by atoms with van der Waals surface area (Å²) in [6.07, 6.45) is 2.48. The lowest BCUT2D eigenvalue weighted by Gasteiger charge is -2.32. The molecule has 164 valence electrons. The van der Waals surface area contributed by atoms with Crippen LogP contribution in [0.4, 0.5) is 18.0 Å². The maximum absolute atomic E-state index is 12.6. The minimum atomic E-state index is -4.41. The highest BCUT2D eigenvalue weighted by atomic mass is 19.4. The Morgan fingerprint density at radius 1 is 1.10 bits per heavy atom. The van der Waals surface area contributed by atoms with Gasteiger partial charge in [0.2, 0.25) is 0 Å². The summed E-state index contributed by atoms with van der Waals surface area (Å²) in [5.74, 6) is 7.20. The average Bonchev–Trinajstić information content (AvgIpc) is 2.74. The topological polar surface area (TPSA) is 32.8 Å². The Balaban J connectivity index is 1.43. The van der Waals surface area contributed by atoms with Crippen LogP contribution in [0.5, 0.6) is 5.75 Å². The molecule has 30 heavy (non-hydrogen) atoms. The number of halogens is 3. The van der Waals surface area contributed by atoms with Gasteiger partial charge in [0, 0.05) is 19.0 Å². The van der Waals surface area contributed by atoms with Crippen LogP contribution in [0.15, 0.2) is 24.3 Å². The van der Waals surface area contributed by atoms with E-state index in [2.05, 4.69) is 16.7 Å². The van der Waals surface area contributed by atoms with Gasteiger partial charge in [-0.25, -0.2) is 4.79 Å². The number of ether oxygens (including phenoxy) is 1. The zero-order valence-electron chi connectivity index (χ0n) is 17.4. The predicted octanol–water partition coefficient (Wildman–Crippen LogP) is 5.18. The highest BCUT2D eigenvalue weighted by Gasteiger charge is 2.30. The second-order valence-corrected chi connectivity index (χ2v) is 8.16. The summed E-state index contributed by atoms with van der Waals surface area (Å²) in [5.41, 5.74) is -0.768. The lowest BCUT2D eigenvalue weighted by Crippen LogP contribution is -2.41. The van der Waals surface area contributed by atoms with Crippen LogP contribution < -0.4 is 4.74 Å². The molecule has 0 unspecified atom stereocenters. The van der Waals surface area contributed by atoms with E-state index < -0.39 is 17.8 Å². The minimum absolute atomic E-state index is 0.0621. The molecule has 0 aromatic heterocycles. The van der Waals surface area contributed by atoms with Crippen molar-refractivity contribution in [3.63, 3.8) is 0 Å². The Labute approximate surface area is 176 Å². The highest BCUT2D eigenvalue weighted by molar-refractivity contribution is 5.70.